The van der Waals surface area contributed by atoms with Crippen molar-refractivity contribution in [2.45, 2.75) is 38.5 Å². The van der Waals surface area contributed by atoms with Crippen molar-refractivity contribution in [3.8, 4) is 0 Å². The lowest BCUT2D eigenvalue weighted by Gasteiger charge is -2.25. The Morgan fingerprint density at radius 1 is 0.971 bits per heavy atom. The molecule has 3 aromatic rings. The van der Waals surface area contributed by atoms with Crippen molar-refractivity contribution in [3.05, 3.63) is 89.5 Å². The molecule has 3 rings (SSSR count). The molecule has 1 amide bonds. The largest absolute Gasteiger partial charge is 0.462 e. The van der Waals surface area contributed by atoms with E-state index in [1.807, 2.05) is 26.0 Å². The van der Waals surface area contributed by atoms with Crippen molar-refractivity contribution in [3.63, 3.8) is 0 Å². The van der Waals surface area contributed by atoms with E-state index in [-0.39, 0.29) is 17.4 Å². The van der Waals surface area contributed by atoms with Crippen LogP contribution in [0.4, 0.5) is 11.4 Å². The fraction of sp³-hybridized carbons (Fsp3) is 0.259. The van der Waals surface area contributed by atoms with Crippen LogP contribution in [0, 0.1) is 6.92 Å². The van der Waals surface area contributed by atoms with Gasteiger partial charge in [-0.2, -0.15) is 0 Å². The Morgan fingerprint density at radius 3 is 2.23 bits per heavy atom. The van der Waals surface area contributed by atoms with Gasteiger partial charge in [-0.05, 0) is 67.3 Å². The Balaban J connectivity index is 1.93. The molecule has 7 nitrogen and oxygen atoms in total. The third kappa shape index (κ3) is 6.27. The first-order valence-electron chi connectivity index (χ1n) is 11.4. The SMILES string of the molecule is CCOC(=O)c1ccc(C)c(NC(=O)CN(c2ccc(C(C)C)cc2)S(=O)(=O)c2ccccc2)c1. The lowest BCUT2D eigenvalue weighted by molar-refractivity contribution is -0.114. The number of carbonyl (C=O) groups is 2. The van der Waals surface area contributed by atoms with E-state index in [1.54, 1.807) is 56.3 Å². The quantitative estimate of drug-likeness (QED) is 0.416. The molecule has 0 aliphatic carbocycles. The smallest absolute Gasteiger partial charge is 0.338 e. The number of anilines is 2. The monoisotopic (exact) mass is 494 g/mol. The highest BCUT2D eigenvalue weighted by atomic mass is 32.2. The predicted molar refractivity (Wildman–Crippen MR) is 137 cm³/mol. The van der Waals surface area contributed by atoms with Crippen molar-refractivity contribution in [2.24, 2.45) is 0 Å². The van der Waals surface area contributed by atoms with E-state index in [9.17, 15) is 18.0 Å². The molecule has 0 bridgehead atoms. The van der Waals surface area contributed by atoms with Gasteiger partial charge < -0.3 is 10.1 Å². The maximum absolute atomic E-state index is 13.5. The van der Waals surface area contributed by atoms with Crippen molar-refractivity contribution in [1.29, 1.82) is 0 Å². The van der Waals surface area contributed by atoms with E-state index in [0.29, 0.717) is 16.9 Å². The fourth-order valence-electron chi connectivity index (χ4n) is 3.48. The zero-order chi connectivity index (χ0) is 25.6. The third-order valence-electron chi connectivity index (χ3n) is 5.49. The average molecular weight is 495 g/mol. The van der Waals surface area contributed by atoms with Gasteiger partial charge in [0.25, 0.3) is 10.0 Å². The molecule has 0 saturated carbocycles. The van der Waals surface area contributed by atoms with Crippen molar-refractivity contribution < 1.29 is 22.7 Å². The van der Waals surface area contributed by atoms with Crippen LogP contribution in [0.3, 0.4) is 0 Å². The summed E-state index contributed by atoms with van der Waals surface area (Å²) in [7, 11) is -4.02. The summed E-state index contributed by atoms with van der Waals surface area (Å²) in [5.74, 6) is -0.760. The molecule has 0 heterocycles. The molecule has 8 heteroatoms. The molecule has 3 aromatic carbocycles. The molecular weight excluding hydrogens is 464 g/mol. The maximum Gasteiger partial charge on any atom is 0.338 e. The summed E-state index contributed by atoms with van der Waals surface area (Å²) in [6.45, 7) is 7.39. The first-order valence-corrected chi connectivity index (χ1v) is 12.8. The number of nitrogens with zero attached hydrogens (tertiary/aromatic N) is 1. The van der Waals surface area contributed by atoms with Gasteiger partial charge >= 0.3 is 5.97 Å². The predicted octanol–water partition coefficient (Wildman–Crippen LogP) is 5.13. The number of aryl methyl sites for hydroxylation is 1. The van der Waals surface area contributed by atoms with Crippen molar-refractivity contribution >= 4 is 33.3 Å². The van der Waals surface area contributed by atoms with Gasteiger partial charge in [0, 0.05) is 5.69 Å². The highest BCUT2D eigenvalue weighted by molar-refractivity contribution is 7.92. The van der Waals surface area contributed by atoms with E-state index in [1.165, 1.54) is 18.2 Å². The van der Waals surface area contributed by atoms with E-state index in [4.69, 9.17) is 4.74 Å². The Labute approximate surface area is 206 Å². The summed E-state index contributed by atoms with van der Waals surface area (Å²) in [6.07, 6.45) is 0. The van der Waals surface area contributed by atoms with Gasteiger partial charge in [-0.15, -0.1) is 0 Å². The zero-order valence-electron chi connectivity index (χ0n) is 20.3. The van der Waals surface area contributed by atoms with Crippen LogP contribution in [-0.4, -0.2) is 33.4 Å². The summed E-state index contributed by atoms with van der Waals surface area (Å²) >= 11 is 0. The normalized spacial score (nSPS) is 11.2. The van der Waals surface area contributed by atoms with Crippen LogP contribution >= 0.6 is 0 Å². The van der Waals surface area contributed by atoms with Gasteiger partial charge in [0.15, 0.2) is 0 Å². The number of hydrogen-bond acceptors (Lipinski definition) is 5. The number of esters is 1. The van der Waals surface area contributed by atoms with Gasteiger partial charge in [-0.1, -0.05) is 50.2 Å². The first-order chi connectivity index (χ1) is 16.6. The minimum Gasteiger partial charge on any atom is -0.462 e. The third-order valence-corrected chi connectivity index (χ3v) is 7.28. The molecule has 0 saturated heterocycles. The zero-order valence-corrected chi connectivity index (χ0v) is 21.1. The second-order valence-corrected chi connectivity index (χ2v) is 10.2. The number of sulfonamides is 1. The van der Waals surface area contributed by atoms with E-state index in [0.717, 1.165) is 15.4 Å². The van der Waals surface area contributed by atoms with Gasteiger partial charge in [-0.25, -0.2) is 13.2 Å². The lowest BCUT2D eigenvalue weighted by atomic mass is 10.0. The van der Waals surface area contributed by atoms with Gasteiger partial charge in [0.1, 0.15) is 6.54 Å². The summed E-state index contributed by atoms with van der Waals surface area (Å²) in [5, 5.41) is 2.75. The Bertz CT molecular complexity index is 1290. The van der Waals surface area contributed by atoms with Gasteiger partial charge in [0.2, 0.25) is 5.91 Å². The van der Waals surface area contributed by atoms with E-state index >= 15 is 0 Å². The number of benzene rings is 3. The number of ether oxygens (including phenoxy) is 1. The van der Waals surface area contributed by atoms with Gasteiger partial charge in [-0.3, -0.25) is 9.10 Å². The minimum absolute atomic E-state index is 0.0845. The Kier molecular flexibility index (Phi) is 8.30. The molecule has 0 aliphatic rings. The van der Waals surface area contributed by atoms with E-state index < -0.39 is 28.4 Å². The van der Waals surface area contributed by atoms with Crippen molar-refractivity contribution in [2.75, 3.05) is 22.8 Å². The molecule has 35 heavy (non-hydrogen) atoms. The molecular formula is C27H30N2O5S. The Morgan fingerprint density at radius 2 is 1.63 bits per heavy atom. The summed E-state index contributed by atoms with van der Waals surface area (Å²) in [4.78, 5) is 25.3. The highest BCUT2D eigenvalue weighted by Gasteiger charge is 2.27. The van der Waals surface area contributed by atoms with Crippen LogP contribution in [0.15, 0.2) is 77.7 Å². The summed E-state index contributed by atoms with van der Waals surface area (Å²) < 4.78 is 33.1. The van der Waals surface area contributed by atoms with Crippen LogP contribution < -0.4 is 9.62 Å². The number of hydrogen-bond donors (Lipinski definition) is 1. The lowest BCUT2D eigenvalue weighted by Crippen LogP contribution is -2.38. The second-order valence-electron chi connectivity index (χ2n) is 8.37. The minimum atomic E-state index is -4.02. The van der Waals surface area contributed by atoms with Crippen LogP contribution in [0.2, 0.25) is 0 Å². The molecule has 184 valence electrons. The molecule has 1 N–H and O–H groups in total. The molecule has 0 atom stereocenters. The molecule has 0 radical (unpaired) electrons. The second kappa shape index (κ2) is 11.2. The van der Waals surface area contributed by atoms with Crippen molar-refractivity contribution in [1.82, 2.24) is 0 Å². The van der Waals surface area contributed by atoms with Crippen LogP contribution in [-0.2, 0) is 19.6 Å². The molecule has 0 spiro atoms. The summed E-state index contributed by atoms with van der Waals surface area (Å²) in [6, 6.07) is 20.0. The topological polar surface area (TPSA) is 92.8 Å². The Hall–Kier alpha value is -3.65. The van der Waals surface area contributed by atoms with Crippen LogP contribution in [0.1, 0.15) is 48.2 Å². The molecule has 0 fully saturated rings. The highest BCUT2D eigenvalue weighted by Crippen LogP contribution is 2.26. The molecule has 0 unspecified atom stereocenters. The number of nitrogens with one attached hydrogen (secondary N) is 1. The first kappa shape index (κ1) is 26.0. The van der Waals surface area contributed by atoms with Gasteiger partial charge in [0.05, 0.1) is 22.8 Å². The number of amides is 1. The van der Waals surface area contributed by atoms with Crippen LogP contribution in [0.25, 0.3) is 0 Å². The number of rotatable bonds is 9. The maximum atomic E-state index is 13.5. The standard InChI is InChI=1S/C27H30N2O5S/c1-5-34-27(31)22-12-11-20(4)25(17-22)28-26(30)18-29(23-15-13-21(14-16-23)19(2)3)35(32,33)24-9-7-6-8-10-24/h6-17,19H,5,18H2,1-4H3,(H,28,30). The summed E-state index contributed by atoms with van der Waals surface area (Å²) in [5.41, 5.74) is 2.87. The molecule has 0 aromatic heterocycles. The van der Waals surface area contributed by atoms with E-state index in [2.05, 4.69) is 5.32 Å². The van der Waals surface area contributed by atoms with Crippen LogP contribution in [0.5, 0.6) is 0 Å². The fourth-order valence-corrected chi connectivity index (χ4v) is 4.92. The average Bonchev–Trinajstić information content (AvgIpc) is 2.84. The number of carbonyl (C=O) groups excluding carboxylic acids is 2. The molecule has 0 aliphatic heterocycles.